The molecule has 1 saturated carbocycles. The summed E-state index contributed by atoms with van der Waals surface area (Å²) >= 11 is 0. The highest BCUT2D eigenvalue weighted by atomic mass is 14.8. The van der Waals surface area contributed by atoms with Gasteiger partial charge in [0.05, 0.1) is 0 Å². The van der Waals surface area contributed by atoms with Gasteiger partial charge in [0.1, 0.15) is 0 Å². The Morgan fingerprint density at radius 3 is 2.63 bits per heavy atom. The third kappa shape index (κ3) is 1.73. The van der Waals surface area contributed by atoms with Crippen molar-refractivity contribution in [1.82, 2.24) is 4.98 Å². The van der Waals surface area contributed by atoms with E-state index in [0.717, 1.165) is 12.8 Å². The fourth-order valence-electron chi connectivity index (χ4n) is 4.01. The lowest BCUT2D eigenvalue weighted by Crippen LogP contribution is -2.32. The molecular weight excluding hydrogens is 232 g/mol. The summed E-state index contributed by atoms with van der Waals surface area (Å²) in [4.78, 5) is 3.61. The molecule has 1 heterocycles. The molecule has 2 aromatic rings. The number of aromatic amines is 1. The minimum atomic E-state index is -0.0625. The van der Waals surface area contributed by atoms with Crippen molar-refractivity contribution >= 4 is 10.9 Å². The molecular formula is C17H22N2. The minimum Gasteiger partial charge on any atom is -0.358 e. The summed E-state index contributed by atoms with van der Waals surface area (Å²) in [5.74, 6) is 0. The van der Waals surface area contributed by atoms with Crippen molar-refractivity contribution < 1.29 is 0 Å². The van der Waals surface area contributed by atoms with Crippen LogP contribution in [0.25, 0.3) is 10.9 Å². The van der Waals surface area contributed by atoms with Gasteiger partial charge in [0.15, 0.2) is 0 Å². The molecule has 1 aromatic carbocycles. The first-order valence-electron chi connectivity index (χ1n) is 7.69. The number of fused-ring (bicyclic) bond motifs is 3. The van der Waals surface area contributed by atoms with Crippen molar-refractivity contribution in [2.75, 3.05) is 0 Å². The Bertz CT molecular complexity index is 617. The maximum absolute atomic E-state index is 6.61. The average Bonchev–Trinajstić information content (AvgIpc) is 3.02. The predicted octanol–water partition coefficient (Wildman–Crippen LogP) is 3.77. The van der Waals surface area contributed by atoms with Crippen LogP contribution >= 0.6 is 0 Å². The molecule has 2 heteroatoms. The highest BCUT2D eigenvalue weighted by molar-refractivity contribution is 5.85. The number of hydrogen-bond acceptors (Lipinski definition) is 1. The van der Waals surface area contributed by atoms with Gasteiger partial charge in [0.25, 0.3) is 0 Å². The molecule has 1 aromatic heterocycles. The molecule has 0 unspecified atom stereocenters. The van der Waals surface area contributed by atoms with Crippen LogP contribution in [0.3, 0.4) is 0 Å². The number of H-pyrrole nitrogens is 1. The predicted molar refractivity (Wildman–Crippen MR) is 79.3 cm³/mol. The van der Waals surface area contributed by atoms with Crippen LogP contribution in [0.15, 0.2) is 18.2 Å². The van der Waals surface area contributed by atoms with E-state index in [4.69, 9.17) is 5.73 Å². The van der Waals surface area contributed by atoms with Gasteiger partial charge in [0, 0.05) is 22.1 Å². The molecule has 2 nitrogen and oxygen atoms in total. The van der Waals surface area contributed by atoms with Crippen LogP contribution in [0.2, 0.25) is 0 Å². The van der Waals surface area contributed by atoms with E-state index in [9.17, 15) is 0 Å². The van der Waals surface area contributed by atoms with E-state index in [1.54, 1.807) is 5.56 Å². The third-order valence-corrected chi connectivity index (χ3v) is 5.17. The van der Waals surface area contributed by atoms with Crippen molar-refractivity contribution in [3.63, 3.8) is 0 Å². The molecule has 2 aliphatic rings. The molecule has 0 amide bonds. The van der Waals surface area contributed by atoms with Crippen LogP contribution in [0.1, 0.15) is 55.3 Å². The van der Waals surface area contributed by atoms with Crippen molar-refractivity contribution in [1.29, 1.82) is 0 Å². The summed E-state index contributed by atoms with van der Waals surface area (Å²) in [6.45, 7) is 0. The van der Waals surface area contributed by atoms with E-state index < -0.39 is 0 Å². The fraction of sp³-hybridized carbons (Fsp3) is 0.529. The molecule has 1 fully saturated rings. The summed E-state index contributed by atoms with van der Waals surface area (Å²) in [6.07, 6.45) is 9.95. The van der Waals surface area contributed by atoms with E-state index >= 15 is 0 Å². The van der Waals surface area contributed by atoms with Gasteiger partial charge in [-0.3, -0.25) is 0 Å². The van der Waals surface area contributed by atoms with Crippen LogP contribution in [-0.4, -0.2) is 4.98 Å². The number of rotatable bonds is 1. The Morgan fingerprint density at radius 2 is 1.79 bits per heavy atom. The quantitative estimate of drug-likeness (QED) is 0.799. The van der Waals surface area contributed by atoms with Crippen LogP contribution < -0.4 is 5.73 Å². The zero-order valence-electron chi connectivity index (χ0n) is 11.5. The molecule has 3 N–H and O–H groups in total. The highest BCUT2D eigenvalue weighted by Crippen LogP contribution is 2.38. The first-order valence-corrected chi connectivity index (χ1v) is 7.69. The van der Waals surface area contributed by atoms with Gasteiger partial charge in [-0.1, -0.05) is 18.9 Å². The lowest BCUT2D eigenvalue weighted by Gasteiger charge is -2.24. The third-order valence-electron chi connectivity index (χ3n) is 5.17. The number of benzene rings is 1. The van der Waals surface area contributed by atoms with Gasteiger partial charge >= 0.3 is 0 Å². The number of nitrogens with two attached hydrogens (primary N) is 1. The molecule has 2 aliphatic carbocycles. The van der Waals surface area contributed by atoms with Crippen LogP contribution in [0, 0.1) is 0 Å². The second kappa shape index (κ2) is 4.11. The van der Waals surface area contributed by atoms with Gasteiger partial charge in [-0.15, -0.1) is 0 Å². The smallest absolute Gasteiger partial charge is 0.0459 e. The molecule has 0 radical (unpaired) electrons. The Hall–Kier alpha value is -1.28. The average molecular weight is 254 g/mol. The van der Waals surface area contributed by atoms with Crippen LogP contribution in [-0.2, 0) is 18.4 Å². The largest absolute Gasteiger partial charge is 0.358 e. The van der Waals surface area contributed by atoms with Crippen molar-refractivity contribution in [3.8, 4) is 0 Å². The van der Waals surface area contributed by atoms with E-state index in [0.29, 0.717) is 0 Å². The van der Waals surface area contributed by atoms with Gasteiger partial charge < -0.3 is 10.7 Å². The van der Waals surface area contributed by atoms with Crippen LogP contribution in [0.4, 0.5) is 0 Å². The Kier molecular flexibility index (Phi) is 2.49. The Labute approximate surface area is 114 Å². The maximum Gasteiger partial charge on any atom is 0.0459 e. The van der Waals surface area contributed by atoms with Crippen molar-refractivity contribution in [2.45, 2.75) is 56.9 Å². The van der Waals surface area contributed by atoms with Gasteiger partial charge in [-0.2, -0.15) is 0 Å². The summed E-state index contributed by atoms with van der Waals surface area (Å²) in [5.41, 5.74) is 12.2. The van der Waals surface area contributed by atoms with E-state index in [1.807, 2.05) is 0 Å². The SMILES string of the molecule is NC1(c2ccc3[nH]c4c(c3c2)CCCC4)CCCC1. The second-order valence-corrected chi connectivity index (χ2v) is 6.41. The number of aryl methyl sites for hydroxylation is 2. The second-order valence-electron chi connectivity index (χ2n) is 6.41. The van der Waals surface area contributed by atoms with Crippen molar-refractivity contribution in [3.05, 3.63) is 35.0 Å². The molecule has 0 saturated heterocycles. The molecule has 0 bridgehead atoms. The Morgan fingerprint density at radius 1 is 1.00 bits per heavy atom. The first-order chi connectivity index (χ1) is 9.26. The van der Waals surface area contributed by atoms with Crippen molar-refractivity contribution in [2.24, 2.45) is 5.73 Å². The highest BCUT2D eigenvalue weighted by Gasteiger charge is 2.31. The molecule has 0 atom stereocenters. The first kappa shape index (κ1) is 11.5. The monoisotopic (exact) mass is 254 g/mol. The Balaban J connectivity index is 1.86. The van der Waals surface area contributed by atoms with E-state index in [-0.39, 0.29) is 5.54 Å². The lowest BCUT2D eigenvalue weighted by molar-refractivity contribution is 0.462. The zero-order valence-corrected chi connectivity index (χ0v) is 11.5. The topological polar surface area (TPSA) is 41.8 Å². The lowest BCUT2D eigenvalue weighted by atomic mass is 9.87. The number of nitrogens with one attached hydrogen (secondary N) is 1. The van der Waals surface area contributed by atoms with Gasteiger partial charge in [-0.05, 0) is 61.8 Å². The summed E-state index contributed by atoms with van der Waals surface area (Å²) in [7, 11) is 0. The van der Waals surface area contributed by atoms with Gasteiger partial charge in [0.2, 0.25) is 0 Å². The number of aromatic nitrogens is 1. The molecule has 100 valence electrons. The van der Waals surface area contributed by atoms with Crippen LogP contribution in [0.5, 0.6) is 0 Å². The zero-order chi connectivity index (χ0) is 12.9. The standard InChI is InChI=1S/C17H22N2/c18-17(9-3-4-10-17)12-7-8-16-14(11-12)13-5-1-2-6-15(13)19-16/h7-8,11,19H,1-6,9-10,18H2. The van der Waals surface area contributed by atoms with E-state index in [2.05, 4.69) is 23.2 Å². The molecule has 0 aliphatic heterocycles. The number of hydrogen-bond donors (Lipinski definition) is 2. The molecule has 19 heavy (non-hydrogen) atoms. The summed E-state index contributed by atoms with van der Waals surface area (Å²) in [5, 5.41) is 1.43. The fourth-order valence-corrected chi connectivity index (χ4v) is 4.01. The summed E-state index contributed by atoms with van der Waals surface area (Å²) in [6, 6.07) is 6.87. The molecule has 0 spiro atoms. The van der Waals surface area contributed by atoms with E-state index in [1.165, 1.54) is 60.7 Å². The normalized spacial score (nSPS) is 21.7. The minimum absolute atomic E-state index is 0.0625. The van der Waals surface area contributed by atoms with Gasteiger partial charge in [-0.25, -0.2) is 0 Å². The molecule has 4 rings (SSSR count). The maximum atomic E-state index is 6.61. The summed E-state index contributed by atoms with van der Waals surface area (Å²) < 4.78 is 0.